The minimum absolute atomic E-state index is 0.214. The molecular formula is C15H18F2N4O. The summed E-state index contributed by atoms with van der Waals surface area (Å²) in [4.78, 5) is 12.2. The third-order valence-electron chi connectivity index (χ3n) is 3.40. The van der Waals surface area contributed by atoms with E-state index in [9.17, 15) is 13.6 Å². The van der Waals surface area contributed by atoms with Gasteiger partial charge in [-0.3, -0.25) is 16.1 Å². The second-order valence-corrected chi connectivity index (χ2v) is 5.12. The van der Waals surface area contributed by atoms with Crippen molar-refractivity contribution in [3.05, 3.63) is 47.5 Å². The first-order valence-corrected chi connectivity index (χ1v) is 6.92. The number of hydrogen-bond acceptors (Lipinski definition) is 4. The highest BCUT2D eigenvalue weighted by Gasteiger charge is 2.28. The number of hydrazone groups is 1. The van der Waals surface area contributed by atoms with E-state index in [2.05, 4.69) is 17.1 Å². The van der Waals surface area contributed by atoms with Gasteiger partial charge in [-0.1, -0.05) is 12.2 Å². The Morgan fingerprint density at radius 2 is 2.05 bits per heavy atom. The van der Waals surface area contributed by atoms with Crippen LogP contribution in [0.25, 0.3) is 0 Å². The summed E-state index contributed by atoms with van der Waals surface area (Å²) in [5.74, 6) is 3.62. The zero-order valence-corrected chi connectivity index (χ0v) is 12.1. The van der Waals surface area contributed by atoms with Crippen molar-refractivity contribution in [3.8, 4) is 0 Å². The molecule has 5 nitrogen and oxygen atoms in total. The van der Waals surface area contributed by atoms with Crippen LogP contribution in [0.2, 0.25) is 0 Å². The summed E-state index contributed by atoms with van der Waals surface area (Å²) < 4.78 is 26.7. The molecule has 7 heteroatoms. The van der Waals surface area contributed by atoms with E-state index < -0.39 is 17.7 Å². The zero-order valence-electron chi connectivity index (χ0n) is 12.1. The number of nitrogens with zero attached hydrogens (tertiary/aromatic N) is 2. The minimum Gasteiger partial charge on any atom is -0.273 e. The van der Waals surface area contributed by atoms with Gasteiger partial charge in [-0.25, -0.2) is 13.8 Å². The summed E-state index contributed by atoms with van der Waals surface area (Å²) in [7, 11) is 0. The first-order chi connectivity index (χ1) is 10.5. The molecule has 1 amide bonds. The predicted molar refractivity (Wildman–Crippen MR) is 79.6 cm³/mol. The van der Waals surface area contributed by atoms with E-state index in [1.807, 2.05) is 0 Å². The summed E-state index contributed by atoms with van der Waals surface area (Å²) in [6.07, 6.45) is 2.69. The number of hydrogen-bond donors (Lipinski definition) is 2. The first-order valence-electron chi connectivity index (χ1n) is 6.92. The first kappa shape index (κ1) is 16.3. The third-order valence-corrected chi connectivity index (χ3v) is 3.40. The number of carbonyl (C=O) groups excluding carboxylic acids is 1. The van der Waals surface area contributed by atoms with E-state index in [1.165, 1.54) is 17.1 Å². The Morgan fingerprint density at radius 3 is 2.68 bits per heavy atom. The van der Waals surface area contributed by atoms with E-state index in [1.54, 1.807) is 6.21 Å². The van der Waals surface area contributed by atoms with Crippen molar-refractivity contribution in [3.63, 3.8) is 0 Å². The lowest BCUT2D eigenvalue weighted by atomic mass is 10.0. The van der Waals surface area contributed by atoms with Crippen LogP contribution in [0, 0.1) is 11.6 Å². The van der Waals surface area contributed by atoms with E-state index >= 15 is 0 Å². The summed E-state index contributed by atoms with van der Waals surface area (Å²) in [6, 6.07) is 2.77. The quantitative estimate of drug-likeness (QED) is 0.480. The molecule has 0 saturated heterocycles. The monoisotopic (exact) mass is 308 g/mol. The van der Waals surface area contributed by atoms with Crippen molar-refractivity contribution < 1.29 is 13.6 Å². The Labute approximate surface area is 127 Å². The lowest BCUT2D eigenvalue weighted by molar-refractivity contribution is -0.133. The number of benzene rings is 1. The molecular weight excluding hydrogens is 290 g/mol. The van der Waals surface area contributed by atoms with Gasteiger partial charge in [0.2, 0.25) is 5.91 Å². The number of nitrogens with one attached hydrogen (secondary N) is 1. The molecule has 1 unspecified atom stereocenters. The smallest absolute Gasteiger partial charge is 0.243 e. The Kier molecular flexibility index (Phi) is 5.35. The van der Waals surface area contributed by atoms with Crippen LogP contribution in [0.4, 0.5) is 8.78 Å². The van der Waals surface area contributed by atoms with E-state index in [0.717, 1.165) is 11.6 Å². The molecule has 1 aromatic rings. The normalized spacial score (nSPS) is 17.0. The Morgan fingerprint density at radius 1 is 1.36 bits per heavy atom. The van der Waals surface area contributed by atoms with Crippen molar-refractivity contribution >= 4 is 12.1 Å². The van der Waals surface area contributed by atoms with Crippen molar-refractivity contribution in [1.29, 1.82) is 0 Å². The van der Waals surface area contributed by atoms with Crippen molar-refractivity contribution in [1.82, 2.24) is 10.4 Å². The number of halogens is 2. The maximum Gasteiger partial charge on any atom is 0.243 e. The fourth-order valence-corrected chi connectivity index (χ4v) is 2.33. The largest absolute Gasteiger partial charge is 0.273 e. The van der Waals surface area contributed by atoms with Gasteiger partial charge < -0.3 is 0 Å². The van der Waals surface area contributed by atoms with Crippen molar-refractivity contribution in [2.24, 2.45) is 10.9 Å². The van der Waals surface area contributed by atoms with E-state index in [-0.39, 0.29) is 12.3 Å². The molecule has 0 aliphatic carbocycles. The topological polar surface area (TPSA) is 70.7 Å². The lowest BCUT2D eigenvalue weighted by Crippen LogP contribution is -2.28. The molecule has 1 aliphatic rings. The average Bonchev–Trinajstić information content (AvgIpc) is 2.93. The molecule has 1 heterocycles. The molecule has 118 valence electrons. The molecule has 22 heavy (non-hydrogen) atoms. The van der Waals surface area contributed by atoms with Crippen LogP contribution < -0.4 is 11.3 Å². The summed E-state index contributed by atoms with van der Waals surface area (Å²) in [6.45, 7) is 4.22. The molecule has 0 fully saturated rings. The molecule has 0 aromatic heterocycles. The summed E-state index contributed by atoms with van der Waals surface area (Å²) in [5, 5.41) is 5.30. The molecule has 0 radical (unpaired) electrons. The van der Waals surface area contributed by atoms with Gasteiger partial charge in [-0.2, -0.15) is 5.10 Å². The molecule has 3 N–H and O–H groups in total. The maximum atomic E-state index is 13.3. The number of nitrogens with two attached hydrogens (primary N) is 1. The molecule has 0 saturated carbocycles. The number of carbonyl (C=O) groups is 1. The van der Waals surface area contributed by atoms with Crippen molar-refractivity contribution in [2.45, 2.75) is 25.3 Å². The second kappa shape index (κ2) is 7.24. The van der Waals surface area contributed by atoms with Gasteiger partial charge in [-0.05, 0) is 24.1 Å². The molecule has 1 aromatic carbocycles. The van der Waals surface area contributed by atoms with Crippen LogP contribution in [-0.2, 0) is 4.79 Å². The van der Waals surface area contributed by atoms with Gasteiger partial charge in [0.1, 0.15) is 11.6 Å². The molecule has 0 bridgehead atoms. The maximum absolute atomic E-state index is 13.3. The van der Waals surface area contributed by atoms with Crippen LogP contribution in [0.15, 0.2) is 35.5 Å². The highest BCUT2D eigenvalue weighted by Crippen LogP contribution is 2.30. The zero-order chi connectivity index (χ0) is 16.1. The number of rotatable bonds is 6. The molecule has 1 atom stereocenters. The Bertz CT molecular complexity index is 583. The van der Waals surface area contributed by atoms with Crippen molar-refractivity contribution in [2.75, 3.05) is 6.54 Å². The van der Waals surface area contributed by atoms with E-state index in [0.29, 0.717) is 24.9 Å². The fourth-order valence-electron chi connectivity index (χ4n) is 2.33. The van der Waals surface area contributed by atoms with Crippen LogP contribution in [-0.4, -0.2) is 23.7 Å². The van der Waals surface area contributed by atoms with Gasteiger partial charge in [0, 0.05) is 31.7 Å². The van der Waals surface area contributed by atoms with E-state index in [4.69, 9.17) is 5.84 Å². The van der Waals surface area contributed by atoms with Crippen LogP contribution >= 0.6 is 0 Å². The number of hydrazine groups is 1. The highest BCUT2D eigenvalue weighted by molar-refractivity contribution is 5.80. The highest BCUT2D eigenvalue weighted by atomic mass is 19.1. The van der Waals surface area contributed by atoms with Gasteiger partial charge in [-0.15, -0.1) is 0 Å². The van der Waals surface area contributed by atoms with Gasteiger partial charge in [0.15, 0.2) is 0 Å². The Balaban J connectivity index is 2.04. The van der Waals surface area contributed by atoms with Crippen LogP contribution in [0.3, 0.4) is 0 Å². The van der Waals surface area contributed by atoms with Crippen LogP contribution in [0.5, 0.6) is 0 Å². The van der Waals surface area contributed by atoms with Crippen LogP contribution in [0.1, 0.15) is 30.9 Å². The Hall–Kier alpha value is -2.12. The third kappa shape index (κ3) is 3.96. The number of amides is 1. The lowest BCUT2D eigenvalue weighted by Gasteiger charge is -2.22. The second-order valence-electron chi connectivity index (χ2n) is 5.12. The minimum atomic E-state index is -0.670. The van der Waals surface area contributed by atoms with Gasteiger partial charge >= 0.3 is 0 Å². The average molecular weight is 308 g/mol. The summed E-state index contributed by atoms with van der Waals surface area (Å²) >= 11 is 0. The predicted octanol–water partition coefficient (Wildman–Crippen LogP) is 2.02. The van der Waals surface area contributed by atoms with Gasteiger partial charge in [0.05, 0.1) is 6.04 Å². The standard InChI is InChI=1S/C15H18F2N4O/c1-10(9-19-18)2-3-15(22)21-14(4-5-20-21)11-6-12(16)8-13(17)7-11/h5-8,14,19H,1-4,9,18H2. The van der Waals surface area contributed by atoms with Gasteiger partial charge in [0.25, 0.3) is 0 Å². The molecule has 1 aliphatic heterocycles. The SMILES string of the molecule is C=C(CCC(=O)N1N=CCC1c1cc(F)cc(F)c1)CNN. The molecule has 0 spiro atoms. The molecule has 2 rings (SSSR count). The fraction of sp³-hybridized carbons (Fsp3) is 0.333. The summed E-state index contributed by atoms with van der Waals surface area (Å²) in [5.41, 5.74) is 3.66.